The van der Waals surface area contributed by atoms with Crippen LogP contribution in [0.15, 0.2) is 18.2 Å². The molecule has 1 atom stereocenters. The predicted molar refractivity (Wildman–Crippen MR) is 64.9 cm³/mol. The molecule has 0 radical (unpaired) electrons. The van der Waals surface area contributed by atoms with Crippen molar-refractivity contribution in [2.24, 2.45) is 0 Å². The number of pyridine rings is 1. The van der Waals surface area contributed by atoms with Crippen molar-refractivity contribution in [1.29, 1.82) is 0 Å². The number of rotatable bonds is 4. The van der Waals surface area contributed by atoms with Gasteiger partial charge in [-0.25, -0.2) is 4.98 Å². The summed E-state index contributed by atoms with van der Waals surface area (Å²) < 4.78 is 1.10. The average Bonchev–Trinajstić information content (AvgIpc) is 2.14. The minimum atomic E-state index is 0.606. The van der Waals surface area contributed by atoms with Gasteiger partial charge in [0.1, 0.15) is 3.70 Å². The van der Waals surface area contributed by atoms with E-state index in [1.807, 2.05) is 6.07 Å². The first-order chi connectivity index (χ1) is 6.24. The molecule has 2 heteroatoms. The highest BCUT2D eigenvalue weighted by atomic mass is 127. The second kappa shape index (κ2) is 5.58. The first kappa shape index (κ1) is 11.0. The summed E-state index contributed by atoms with van der Waals surface area (Å²) in [6, 6.07) is 6.26. The van der Waals surface area contributed by atoms with Crippen LogP contribution in [0.4, 0.5) is 0 Å². The third kappa shape index (κ3) is 3.63. The predicted octanol–water partition coefficient (Wildman–Crippen LogP) is 3.98. The Balaban J connectivity index is 2.60. The molecule has 0 amide bonds. The monoisotopic (exact) mass is 289 g/mol. The lowest BCUT2D eigenvalue weighted by Crippen LogP contribution is -1.97. The van der Waals surface area contributed by atoms with Gasteiger partial charge in [0.05, 0.1) is 0 Å². The molecule has 0 aliphatic carbocycles. The van der Waals surface area contributed by atoms with Crippen LogP contribution in [0.2, 0.25) is 0 Å². The van der Waals surface area contributed by atoms with Gasteiger partial charge in [-0.3, -0.25) is 0 Å². The number of hydrogen-bond acceptors (Lipinski definition) is 1. The topological polar surface area (TPSA) is 12.9 Å². The summed E-state index contributed by atoms with van der Waals surface area (Å²) in [5.41, 5.74) is 1.24. The molecule has 0 bridgehead atoms. The zero-order valence-corrected chi connectivity index (χ0v) is 10.4. The largest absolute Gasteiger partial charge is 0.247 e. The van der Waals surface area contributed by atoms with Gasteiger partial charge in [-0.2, -0.15) is 0 Å². The number of nitrogens with zero attached hydrogens (tertiary/aromatic N) is 1. The fourth-order valence-electron chi connectivity index (χ4n) is 1.36. The van der Waals surface area contributed by atoms with Crippen LogP contribution in [0.5, 0.6) is 0 Å². The van der Waals surface area contributed by atoms with E-state index in [1.54, 1.807) is 0 Å². The minimum absolute atomic E-state index is 0.606. The molecule has 13 heavy (non-hydrogen) atoms. The maximum atomic E-state index is 4.51. The van der Waals surface area contributed by atoms with Gasteiger partial charge in [0.2, 0.25) is 0 Å². The lowest BCUT2D eigenvalue weighted by molar-refractivity contribution is 0.610. The molecule has 0 saturated heterocycles. The summed E-state index contributed by atoms with van der Waals surface area (Å²) in [6.07, 6.45) is 3.83. The number of halogens is 1. The maximum Gasteiger partial charge on any atom is 0.101 e. The van der Waals surface area contributed by atoms with Crippen molar-refractivity contribution in [2.75, 3.05) is 0 Å². The molecule has 72 valence electrons. The van der Waals surface area contributed by atoms with Gasteiger partial charge < -0.3 is 0 Å². The Morgan fingerprint density at radius 1 is 1.46 bits per heavy atom. The van der Waals surface area contributed by atoms with Crippen LogP contribution in [-0.2, 0) is 0 Å². The van der Waals surface area contributed by atoms with Gasteiger partial charge in [-0.05, 0) is 47.1 Å². The highest BCUT2D eigenvalue weighted by Crippen LogP contribution is 2.19. The van der Waals surface area contributed by atoms with E-state index in [4.69, 9.17) is 0 Å². The van der Waals surface area contributed by atoms with Gasteiger partial charge in [0.25, 0.3) is 0 Å². The SMILES string of the molecule is CCCCC(C)c1cccc(I)n1. The molecule has 0 N–H and O–H groups in total. The molecule has 1 unspecified atom stereocenters. The van der Waals surface area contributed by atoms with E-state index < -0.39 is 0 Å². The normalized spacial score (nSPS) is 12.8. The van der Waals surface area contributed by atoms with E-state index in [-0.39, 0.29) is 0 Å². The molecule has 1 heterocycles. The molecular formula is C11H16IN. The molecule has 1 aromatic rings. The Hall–Kier alpha value is -0.120. The van der Waals surface area contributed by atoms with Crippen molar-refractivity contribution >= 4 is 22.6 Å². The lowest BCUT2D eigenvalue weighted by Gasteiger charge is -2.09. The Labute approximate surface area is 94.1 Å². The maximum absolute atomic E-state index is 4.51. The van der Waals surface area contributed by atoms with Crippen LogP contribution in [0, 0.1) is 3.70 Å². The third-order valence-corrected chi connectivity index (χ3v) is 2.83. The van der Waals surface area contributed by atoms with Gasteiger partial charge in [-0.1, -0.05) is 32.8 Å². The van der Waals surface area contributed by atoms with E-state index in [0.29, 0.717) is 5.92 Å². The number of hydrogen-bond donors (Lipinski definition) is 0. The second-order valence-electron chi connectivity index (χ2n) is 3.43. The summed E-state index contributed by atoms with van der Waals surface area (Å²) in [5, 5.41) is 0. The molecule has 1 nitrogen and oxygen atoms in total. The van der Waals surface area contributed by atoms with Gasteiger partial charge in [0.15, 0.2) is 0 Å². The summed E-state index contributed by atoms with van der Waals surface area (Å²) >= 11 is 2.27. The van der Waals surface area contributed by atoms with Crippen LogP contribution in [0.3, 0.4) is 0 Å². The molecule has 0 aliphatic rings. The quantitative estimate of drug-likeness (QED) is 0.603. The molecule has 0 spiro atoms. The van der Waals surface area contributed by atoms with Crippen molar-refractivity contribution in [1.82, 2.24) is 4.98 Å². The Morgan fingerprint density at radius 2 is 2.23 bits per heavy atom. The van der Waals surface area contributed by atoms with E-state index in [2.05, 4.69) is 53.6 Å². The van der Waals surface area contributed by atoms with Crippen molar-refractivity contribution in [3.8, 4) is 0 Å². The Morgan fingerprint density at radius 3 is 2.85 bits per heavy atom. The second-order valence-corrected chi connectivity index (χ2v) is 4.53. The highest BCUT2D eigenvalue weighted by Gasteiger charge is 2.05. The van der Waals surface area contributed by atoms with E-state index in [0.717, 1.165) is 3.70 Å². The molecule has 0 aliphatic heterocycles. The standard InChI is InChI=1S/C11H16IN/c1-3-4-6-9(2)10-7-5-8-11(12)13-10/h5,7-9H,3-4,6H2,1-2H3. The van der Waals surface area contributed by atoms with E-state index in [9.17, 15) is 0 Å². The van der Waals surface area contributed by atoms with Crippen LogP contribution in [-0.4, -0.2) is 4.98 Å². The summed E-state index contributed by atoms with van der Waals surface area (Å²) in [4.78, 5) is 4.51. The van der Waals surface area contributed by atoms with Crippen molar-refractivity contribution in [3.05, 3.63) is 27.6 Å². The van der Waals surface area contributed by atoms with Crippen molar-refractivity contribution in [3.63, 3.8) is 0 Å². The number of unbranched alkanes of at least 4 members (excludes halogenated alkanes) is 1. The zero-order valence-electron chi connectivity index (χ0n) is 8.26. The summed E-state index contributed by atoms with van der Waals surface area (Å²) in [7, 11) is 0. The van der Waals surface area contributed by atoms with E-state index >= 15 is 0 Å². The highest BCUT2D eigenvalue weighted by molar-refractivity contribution is 14.1. The Kier molecular flexibility index (Phi) is 4.70. The van der Waals surface area contributed by atoms with Crippen LogP contribution < -0.4 is 0 Å². The van der Waals surface area contributed by atoms with E-state index in [1.165, 1.54) is 25.0 Å². The molecule has 0 aromatic carbocycles. The van der Waals surface area contributed by atoms with Crippen LogP contribution in [0.25, 0.3) is 0 Å². The molecule has 1 aromatic heterocycles. The zero-order chi connectivity index (χ0) is 9.68. The van der Waals surface area contributed by atoms with Gasteiger partial charge >= 0.3 is 0 Å². The summed E-state index contributed by atoms with van der Waals surface area (Å²) in [6.45, 7) is 4.49. The van der Waals surface area contributed by atoms with Gasteiger partial charge in [0, 0.05) is 5.69 Å². The average molecular weight is 289 g/mol. The van der Waals surface area contributed by atoms with Crippen LogP contribution >= 0.6 is 22.6 Å². The first-order valence-corrected chi connectivity index (χ1v) is 5.94. The molecule has 0 fully saturated rings. The fourth-order valence-corrected chi connectivity index (χ4v) is 1.84. The molecular weight excluding hydrogens is 273 g/mol. The smallest absolute Gasteiger partial charge is 0.101 e. The Bertz CT molecular complexity index is 260. The minimum Gasteiger partial charge on any atom is -0.247 e. The first-order valence-electron chi connectivity index (χ1n) is 4.86. The lowest BCUT2D eigenvalue weighted by atomic mass is 10.0. The van der Waals surface area contributed by atoms with Gasteiger partial charge in [-0.15, -0.1) is 0 Å². The van der Waals surface area contributed by atoms with Crippen LogP contribution in [0.1, 0.15) is 44.7 Å². The third-order valence-electron chi connectivity index (χ3n) is 2.23. The summed E-state index contributed by atoms with van der Waals surface area (Å²) in [5.74, 6) is 0.606. The van der Waals surface area contributed by atoms with Crippen molar-refractivity contribution in [2.45, 2.75) is 39.0 Å². The number of aromatic nitrogens is 1. The fraction of sp³-hybridized carbons (Fsp3) is 0.545. The van der Waals surface area contributed by atoms with Crippen molar-refractivity contribution < 1.29 is 0 Å². The molecule has 1 rings (SSSR count). The molecule has 0 saturated carbocycles.